The van der Waals surface area contributed by atoms with Crippen molar-refractivity contribution in [2.45, 2.75) is 39.7 Å². The van der Waals surface area contributed by atoms with Crippen LogP contribution in [0.3, 0.4) is 0 Å². The van der Waals surface area contributed by atoms with Crippen molar-refractivity contribution in [2.75, 3.05) is 0 Å². The first kappa shape index (κ1) is 11.9. The van der Waals surface area contributed by atoms with Crippen LogP contribution in [0.25, 0.3) is 0 Å². The highest BCUT2D eigenvalue weighted by molar-refractivity contribution is 5.99. The van der Waals surface area contributed by atoms with Crippen LogP contribution in [0.5, 0.6) is 0 Å². The molecular formula is C15H20O3. The van der Waals surface area contributed by atoms with E-state index in [0.717, 1.165) is 18.4 Å². The Balaban J connectivity index is 2.12. The molecule has 2 aliphatic carbocycles. The minimum absolute atomic E-state index is 0.0639. The van der Waals surface area contributed by atoms with Crippen molar-refractivity contribution < 1.29 is 14.3 Å². The maximum atomic E-state index is 12.7. The van der Waals surface area contributed by atoms with Crippen LogP contribution < -0.4 is 0 Å². The second kappa shape index (κ2) is 3.46. The van der Waals surface area contributed by atoms with E-state index < -0.39 is 11.5 Å². The van der Waals surface area contributed by atoms with Gasteiger partial charge in [-0.2, -0.15) is 0 Å². The van der Waals surface area contributed by atoms with Crippen LogP contribution in [0.4, 0.5) is 0 Å². The molecule has 2 saturated carbocycles. The molecule has 3 aliphatic rings. The summed E-state index contributed by atoms with van der Waals surface area (Å²) >= 11 is 0. The number of hydrogen-bond donors (Lipinski definition) is 0. The highest BCUT2D eigenvalue weighted by Crippen LogP contribution is 2.60. The lowest BCUT2D eigenvalue weighted by Gasteiger charge is -2.42. The Morgan fingerprint density at radius 3 is 2.67 bits per heavy atom. The molecule has 0 N–H and O–H groups in total. The van der Waals surface area contributed by atoms with Gasteiger partial charge in [0, 0.05) is 5.92 Å². The number of carbonyl (C=O) groups is 2. The Hall–Kier alpha value is -1.12. The van der Waals surface area contributed by atoms with E-state index in [9.17, 15) is 9.59 Å². The van der Waals surface area contributed by atoms with Crippen molar-refractivity contribution in [3.8, 4) is 0 Å². The molecule has 0 radical (unpaired) electrons. The molecule has 3 heteroatoms. The van der Waals surface area contributed by atoms with E-state index in [1.54, 1.807) is 0 Å². The SMILES string of the molecule is C=C1CCC2C3C(=O)OC(C(=O)C12C)C3C(C)C. The van der Waals surface area contributed by atoms with Gasteiger partial charge in [0.25, 0.3) is 0 Å². The zero-order chi connectivity index (χ0) is 13.2. The zero-order valence-electron chi connectivity index (χ0n) is 11.2. The molecule has 5 unspecified atom stereocenters. The highest BCUT2D eigenvalue weighted by Gasteiger charge is 2.67. The molecule has 0 aromatic rings. The Bertz CT molecular complexity index is 451. The van der Waals surface area contributed by atoms with Gasteiger partial charge >= 0.3 is 5.97 Å². The monoisotopic (exact) mass is 248 g/mol. The maximum Gasteiger partial charge on any atom is 0.310 e. The fraction of sp³-hybridized carbons (Fsp3) is 0.733. The molecule has 0 aromatic carbocycles. The zero-order valence-corrected chi connectivity index (χ0v) is 11.2. The van der Waals surface area contributed by atoms with Crippen molar-refractivity contribution in [1.82, 2.24) is 0 Å². The minimum Gasteiger partial charge on any atom is -0.454 e. The van der Waals surface area contributed by atoms with Gasteiger partial charge in [-0.25, -0.2) is 0 Å². The van der Waals surface area contributed by atoms with Gasteiger partial charge in [-0.3, -0.25) is 9.59 Å². The highest BCUT2D eigenvalue weighted by atomic mass is 16.6. The van der Waals surface area contributed by atoms with Gasteiger partial charge in [-0.05, 0) is 31.6 Å². The first-order valence-corrected chi connectivity index (χ1v) is 6.82. The molecule has 18 heavy (non-hydrogen) atoms. The second-order valence-electron chi connectivity index (χ2n) is 6.52. The van der Waals surface area contributed by atoms with E-state index in [1.165, 1.54) is 0 Å². The Kier molecular flexibility index (Phi) is 2.30. The molecule has 1 heterocycles. The molecule has 3 rings (SSSR count). The van der Waals surface area contributed by atoms with Gasteiger partial charge in [0.15, 0.2) is 11.9 Å². The molecule has 0 aromatic heterocycles. The smallest absolute Gasteiger partial charge is 0.310 e. The summed E-state index contributed by atoms with van der Waals surface area (Å²) in [6.45, 7) is 10.2. The fourth-order valence-electron chi connectivity index (χ4n) is 4.38. The third-order valence-corrected chi connectivity index (χ3v) is 5.49. The van der Waals surface area contributed by atoms with Crippen LogP contribution in [0, 0.1) is 29.1 Å². The number of hydrogen-bond acceptors (Lipinski definition) is 3. The quantitative estimate of drug-likeness (QED) is 0.528. The normalized spacial score (nSPS) is 46.6. The molecular weight excluding hydrogens is 228 g/mol. The lowest BCUT2D eigenvalue weighted by molar-refractivity contribution is -0.149. The first-order valence-electron chi connectivity index (χ1n) is 6.82. The van der Waals surface area contributed by atoms with E-state index in [4.69, 9.17) is 4.74 Å². The molecule has 3 nitrogen and oxygen atoms in total. The molecule has 3 fully saturated rings. The fourth-order valence-corrected chi connectivity index (χ4v) is 4.38. The van der Waals surface area contributed by atoms with Crippen molar-refractivity contribution >= 4 is 11.8 Å². The summed E-state index contributed by atoms with van der Waals surface area (Å²) in [7, 11) is 0. The van der Waals surface area contributed by atoms with Crippen LogP contribution in [0.15, 0.2) is 12.2 Å². The lowest BCUT2D eigenvalue weighted by atomic mass is 9.57. The summed E-state index contributed by atoms with van der Waals surface area (Å²) in [6.07, 6.45) is 1.24. The van der Waals surface area contributed by atoms with E-state index in [0.29, 0.717) is 5.92 Å². The van der Waals surface area contributed by atoms with Gasteiger partial charge < -0.3 is 4.74 Å². The average Bonchev–Trinajstić information content (AvgIpc) is 2.76. The van der Waals surface area contributed by atoms with Crippen molar-refractivity contribution in [3.05, 3.63) is 12.2 Å². The third kappa shape index (κ3) is 1.15. The summed E-state index contributed by atoms with van der Waals surface area (Å²) in [6, 6.07) is 0. The van der Waals surface area contributed by atoms with Gasteiger partial charge in [0.1, 0.15) is 0 Å². The molecule has 1 saturated heterocycles. The number of rotatable bonds is 1. The van der Waals surface area contributed by atoms with Gasteiger partial charge in [-0.1, -0.05) is 26.0 Å². The van der Waals surface area contributed by atoms with Crippen LogP contribution in [0.1, 0.15) is 33.6 Å². The average molecular weight is 248 g/mol. The summed E-state index contributed by atoms with van der Waals surface area (Å²) in [5.74, 6) is 0.308. The maximum absolute atomic E-state index is 12.7. The molecule has 98 valence electrons. The number of esters is 1. The van der Waals surface area contributed by atoms with E-state index in [1.807, 2.05) is 6.92 Å². The predicted molar refractivity (Wildman–Crippen MR) is 66.7 cm³/mol. The Labute approximate surface area is 108 Å². The summed E-state index contributed by atoms with van der Waals surface area (Å²) in [5.41, 5.74) is 0.473. The van der Waals surface area contributed by atoms with Crippen LogP contribution in [-0.2, 0) is 14.3 Å². The number of carbonyl (C=O) groups excluding carboxylic acids is 2. The molecule has 1 aliphatic heterocycles. The van der Waals surface area contributed by atoms with Crippen LogP contribution >= 0.6 is 0 Å². The predicted octanol–water partition coefficient (Wildman–Crippen LogP) is 2.36. The number of allylic oxidation sites excluding steroid dienone is 1. The van der Waals surface area contributed by atoms with E-state index in [2.05, 4.69) is 20.4 Å². The molecule has 5 atom stereocenters. The van der Waals surface area contributed by atoms with Crippen LogP contribution in [0.2, 0.25) is 0 Å². The summed E-state index contributed by atoms with van der Waals surface area (Å²) in [5, 5.41) is 0. The molecule has 2 bridgehead atoms. The lowest BCUT2D eigenvalue weighted by Crippen LogP contribution is -2.52. The summed E-state index contributed by atoms with van der Waals surface area (Å²) < 4.78 is 5.39. The molecule has 0 spiro atoms. The third-order valence-electron chi connectivity index (χ3n) is 5.49. The van der Waals surface area contributed by atoms with E-state index >= 15 is 0 Å². The Morgan fingerprint density at radius 2 is 2.06 bits per heavy atom. The number of fused-ring (bicyclic) bond motifs is 4. The van der Waals surface area contributed by atoms with Crippen molar-refractivity contribution in [1.29, 1.82) is 0 Å². The summed E-state index contributed by atoms with van der Waals surface area (Å²) in [4.78, 5) is 24.8. The number of ether oxygens (including phenoxy) is 1. The first-order chi connectivity index (χ1) is 8.39. The van der Waals surface area contributed by atoms with Crippen LogP contribution in [-0.4, -0.2) is 17.9 Å². The largest absolute Gasteiger partial charge is 0.454 e. The van der Waals surface area contributed by atoms with Gasteiger partial charge in [-0.15, -0.1) is 0 Å². The van der Waals surface area contributed by atoms with E-state index in [-0.39, 0.29) is 29.5 Å². The van der Waals surface area contributed by atoms with Crippen molar-refractivity contribution in [3.63, 3.8) is 0 Å². The second-order valence-corrected chi connectivity index (χ2v) is 6.52. The minimum atomic E-state index is -0.529. The topological polar surface area (TPSA) is 43.4 Å². The standard InChI is InChI=1S/C15H20O3/c1-7(2)10-11-9-6-5-8(3)15(9,4)13(16)12(10)18-14(11)17/h7,9-12H,3,5-6H2,1-2,4H3. The number of Topliss-reactive ketones (excluding diaryl/α,β-unsaturated/α-hetero) is 1. The number of ketones is 1. The molecule has 0 amide bonds. The Morgan fingerprint density at radius 1 is 1.39 bits per heavy atom. The van der Waals surface area contributed by atoms with Gasteiger partial charge in [0.2, 0.25) is 0 Å². The van der Waals surface area contributed by atoms with Crippen molar-refractivity contribution in [2.24, 2.45) is 29.1 Å². The van der Waals surface area contributed by atoms with Gasteiger partial charge in [0.05, 0.1) is 11.3 Å².